The number of halogens is 3. The third-order valence-corrected chi connectivity index (χ3v) is 5.31. The highest BCUT2D eigenvalue weighted by Gasteiger charge is 2.31. The standard InChI is InChI=1S/C14H25F3O3.C10H20O2/c1-3-5-8-12(20-10-14(15,16)17)11(4-2)7-6-9-13(18)19;1-2-3-4-5-6-7-8-9-10(11)12/h11-12H,3-10H2,1-2H3,(H,18,19);2-9H2,1H3,(H,11,12). The van der Waals surface area contributed by atoms with Gasteiger partial charge in [0.1, 0.15) is 6.61 Å². The number of carboxylic acid groups (broad SMARTS) is 2. The highest BCUT2D eigenvalue weighted by atomic mass is 19.4. The van der Waals surface area contributed by atoms with Crippen molar-refractivity contribution < 1.29 is 37.7 Å². The van der Waals surface area contributed by atoms with Gasteiger partial charge in [0.2, 0.25) is 0 Å². The van der Waals surface area contributed by atoms with Gasteiger partial charge in [0.05, 0.1) is 6.10 Å². The Balaban J connectivity index is 0. The van der Waals surface area contributed by atoms with Crippen LogP contribution in [0.15, 0.2) is 0 Å². The Labute approximate surface area is 192 Å². The number of aliphatic carboxylic acids is 2. The summed E-state index contributed by atoms with van der Waals surface area (Å²) < 4.78 is 41.8. The Morgan fingerprint density at radius 3 is 1.72 bits per heavy atom. The average Bonchev–Trinajstić information content (AvgIpc) is 2.70. The molecule has 0 aromatic heterocycles. The van der Waals surface area contributed by atoms with Gasteiger partial charge in [0, 0.05) is 12.8 Å². The van der Waals surface area contributed by atoms with E-state index in [0.717, 1.165) is 25.7 Å². The van der Waals surface area contributed by atoms with Crippen molar-refractivity contribution in [2.45, 2.75) is 129 Å². The Bertz CT molecular complexity index is 455. The van der Waals surface area contributed by atoms with Gasteiger partial charge < -0.3 is 14.9 Å². The molecule has 0 aliphatic heterocycles. The molecule has 8 heteroatoms. The molecule has 0 aromatic carbocycles. The lowest BCUT2D eigenvalue weighted by atomic mass is 9.90. The zero-order valence-corrected chi connectivity index (χ0v) is 20.2. The van der Waals surface area contributed by atoms with Crippen LogP contribution >= 0.6 is 0 Å². The first kappa shape index (κ1) is 32.9. The molecule has 0 fully saturated rings. The van der Waals surface area contributed by atoms with E-state index in [1.807, 2.05) is 13.8 Å². The lowest BCUT2D eigenvalue weighted by Gasteiger charge is -2.27. The van der Waals surface area contributed by atoms with Crippen LogP contribution in [-0.4, -0.2) is 41.0 Å². The Kier molecular flexibility index (Phi) is 22.1. The second-order valence-corrected chi connectivity index (χ2v) is 8.33. The summed E-state index contributed by atoms with van der Waals surface area (Å²) in [5.74, 6) is -1.55. The smallest absolute Gasteiger partial charge is 0.411 e. The normalized spacial score (nSPS) is 13.2. The molecule has 5 nitrogen and oxygen atoms in total. The number of hydrogen-bond donors (Lipinski definition) is 2. The molecule has 0 aliphatic carbocycles. The summed E-state index contributed by atoms with van der Waals surface area (Å²) in [6.45, 7) is 4.86. The second kappa shape index (κ2) is 21.5. The number of hydrogen-bond acceptors (Lipinski definition) is 3. The molecule has 0 aromatic rings. The maximum absolute atomic E-state index is 12.3. The topological polar surface area (TPSA) is 83.8 Å². The van der Waals surface area contributed by atoms with Gasteiger partial charge >= 0.3 is 18.1 Å². The average molecular weight is 471 g/mol. The fourth-order valence-electron chi connectivity index (χ4n) is 3.46. The summed E-state index contributed by atoms with van der Waals surface area (Å²) in [7, 11) is 0. The van der Waals surface area contributed by atoms with Crippen LogP contribution in [0.5, 0.6) is 0 Å². The number of alkyl halides is 3. The van der Waals surface area contributed by atoms with E-state index in [2.05, 4.69) is 6.92 Å². The first-order valence-corrected chi connectivity index (χ1v) is 12.2. The minimum absolute atomic E-state index is 0.0109. The van der Waals surface area contributed by atoms with Crippen molar-refractivity contribution in [2.24, 2.45) is 5.92 Å². The molecule has 0 aliphatic rings. The first-order chi connectivity index (χ1) is 15.1. The summed E-state index contributed by atoms with van der Waals surface area (Å²) in [4.78, 5) is 20.6. The summed E-state index contributed by atoms with van der Waals surface area (Å²) in [6.07, 6.45) is 8.03. The van der Waals surface area contributed by atoms with Crippen molar-refractivity contribution in [1.82, 2.24) is 0 Å². The van der Waals surface area contributed by atoms with Gasteiger partial charge in [-0.05, 0) is 31.6 Å². The van der Waals surface area contributed by atoms with Crippen LogP contribution in [0.4, 0.5) is 13.2 Å². The molecule has 2 unspecified atom stereocenters. The minimum atomic E-state index is -4.32. The lowest BCUT2D eigenvalue weighted by Crippen LogP contribution is -2.29. The predicted molar refractivity (Wildman–Crippen MR) is 121 cm³/mol. The first-order valence-electron chi connectivity index (χ1n) is 12.2. The fourth-order valence-corrected chi connectivity index (χ4v) is 3.46. The molecule has 32 heavy (non-hydrogen) atoms. The minimum Gasteiger partial charge on any atom is -0.481 e. The van der Waals surface area contributed by atoms with E-state index in [9.17, 15) is 22.8 Å². The molecule has 2 N–H and O–H groups in total. The summed E-state index contributed by atoms with van der Waals surface area (Å²) in [5.41, 5.74) is 0. The zero-order chi connectivity index (χ0) is 24.8. The van der Waals surface area contributed by atoms with Crippen molar-refractivity contribution in [1.29, 1.82) is 0 Å². The molecule has 2 atom stereocenters. The van der Waals surface area contributed by atoms with Crippen molar-refractivity contribution in [3.63, 3.8) is 0 Å². The van der Waals surface area contributed by atoms with Gasteiger partial charge in [-0.25, -0.2) is 0 Å². The maximum Gasteiger partial charge on any atom is 0.411 e. The largest absolute Gasteiger partial charge is 0.481 e. The van der Waals surface area contributed by atoms with Gasteiger partial charge in [-0.15, -0.1) is 0 Å². The number of rotatable bonds is 19. The molecule has 0 radical (unpaired) electrons. The quantitative estimate of drug-likeness (QED) is 0.190. The highest BCUT2D eigenvalue weighted by Crippen LogP contribution is 2.26. The molecule has 0 amide bonds. The Morgan fingerprint density at radius 1 is 0.750 bits per heavy atom. The van der Waals surface area contributed by atoms with Gasteiger partial charge in [-0.2, -0.15) is 13.2 Å². The van der Waals surface area contributed by atoms with Gasteiger partial charge in [0.15, 0.2) is 0 Å². The molecule has 192 valence electrons. The zero-order valence-electron chi connectivity index (χ0n) is 20.2. The highest BCUT2D eigenvalue weighted by molar-refractivity contribution is 5.66. The van der Waals surface area contributed by atoms with Crippen molar-refractivity contribution in [3.8, 4) is 0 Å². The van der Waals surface area contributed by atoms with Crippen LogP contribution in [0.1, 0.15) is 117 Å². The van der Waals surface area contributed by atoms with E-state index >= 15 is 0 Å². The third-order valence-electron chi connectivity index (χ3n) is 5.31. The summed E-state index contributed by atoms with van der Waals surface area (Å²) in [5, 5.41) is 17.0. The van der Waals surface area contributed by atoms with Gasteiger partial charge in [-0.3, -0.25) is 9.59 Å². The Morgan fingerprint density at radius 2 is 1.25 bits per heavy atom. The number of carbonyl (C=O) groups is 2. The van der Waals surface area contributed by atoms with Crippen molar-refractivity contribution in [2.75, 3.05) is 6.61 Å². The molecule has 0 spiro atoms. The van der Waals surface area contributed by atoms with E-state index in [1.54, 1.807) is 0 Å². The Hall–Kier alpha value is -1.31. The van der Waals surface area contributed by atoms with Crippen LogP contribution < -0.4 is 0 Å². The van der Waals surface area contributed by atoms with E-state index in [0.29, 0.717) is 32.1 Å². The van der Waals surface area contributed by atoms with Crippen LogP contribution in [0, 0.1) is 5.92 Å². The second-order valence-electron chi connectivity index (χ2n) is 8.33. The number of unbranched alkanes of at least 4 members (excludes halogenated alkanes) is 7. The van der Waals surface area contributed by atoms with E-state index in [4.69, 9.17) is 14.9 Å². The third kappa shape index (κ3) is 25.0. The van der Waals surface area contributed by atoms with E-state index in [-0.39, 0.29) is 12.3 Å². The fraction of sp³-hybridized carbons (Fsp3) is 0.917. The van der Waals surface area contributed by atoms with Crippen molar-refractivity contribution in [3.05, 3.63) is 0 Å². The van der Waals surface area contributed by atoms with Crippen LogP contribution in [0.3, 0.4) is 0 Å². The summed E-state index contributed by atoms with van der Waals surface area (Å²) in [6, 6.07) is 0. The predicted octanol–water partition coefficient (Wildman–Crippen LogP) is 7.62. The van der Waals surface area contributed by atoms with Crippen molar-refractivity contribution >= 4 is 11.9 Å². The molecular formula is C24H45F3O5. The monoisotopic (exact) mass is 470 g/mol. The van der Waals surface area contributed by atoms with Crippen LogP contribution in [0.25, 0.3) is 0 Å². The molecule has 0 bridgehead atoms. The van der Waals surface area contributed by atoms with Gasteiger partial charge in [0.25, 0.3) is 0 Å². The molecule has 0 heterocycles. The van der Waals surface area contributed by atoms with Crippen LogP contribution in [-0.2, 0) is 14.3 Å². The molecule has 0 saturated carbocycles. The van der Waals surface area contributed by atoms with Crippen LogP contribution in [0.2, 0.25) is 0 Å². The maximum atomic E-state index is 12.3. The SMILES string of the molecule is CCCCC(OCC(F)(F)F)C(CC)CCCC(=O)O.CCCCCCCCCC(=O)O. The number of carboxylic acids is 2. The van der Waals surface area contributed by atoms with E-state index < -0.39 is 30.8 Å². The van der Waals surface area contributed by atoms with Gasteiger partial charge in [-0.1, -0.05) is 78.6 Å². The molecule has 0 saturated heterocycles. The number of ether oxygens (including phenoxy) is 1. The van der Waals surface area contributed by atoms with E-state index in [1.165, 1.54) is 32.1 Å². The molecule has 0 rings (SSSR count). The summed E-state index contributed by atoms with van der Waals surface area (Å²) >= 11 is 0. The molecular weight excluding hydrogens is 425 g/mol. The lowest BCUT2D eigenvalue weighted by molar-refractivity contribution is -0.191.